The number of nitrogens with zero attached hydrogens (tertiary/aromatic N) is 2. The van der Waals surface area contributed by atoms with Gasteiger partial charge in [-0.1, -0.05) is 30.3 Å². The molecule has 1 unspecified atom stereocenters. The Labute approximate surface area is 137 Å². The number of carbonyl (C=O) groups is 1. The molecule has 0 aliphatic carbocycles. The summed E-state index contributed by atoms with van der Waals surface area (Å²) in [5, 5.41) is 0.569. The molecule has 1 aromatic carbocycles. The molecule has 0 fully saturated rings. The van der Waals surface area contributed by atoms with Gasteiger partial charge in [0.25, 0.3) is 5.56 Å². The number of aromatic nitrogens is 2. The Morgan fingerprint density at radius 1 is 1.26 bits per heavy atom. The number of hydrogen-bond acceptors (Lipinski definition) is 5. The van der Waals surface area contributed by atoms with E-state index in [1.54, 1.807) is 12.1 Å². The molecule has 23 heavy (non-hydrogen) atoms. The fourth-order valence-electron chi connectivity index (χ4n) is 2.59. The molecule has 5 nitrogen and oxygen atoms in total. The molecule has 3 rings (SSSR count). The van der Waals surface area contributed by atoms with E-state index in [9.17, 15) is 9.59 Å². The molecule has 0 aliphatic heterocycles. The van der Waals surface area contributed by atoms with Crippen molar-refractivity contribution in [3.05, 3.63) is 63.0 Å². The summed E-state index contributed by atoms with van der Waals surface area (Å²) in [5.74, 6) is -0.496. The van der Waals surface area contributed by atoms with Gasteiger partial charge in [0.2, 0.25) is 0 Å². The van der Waals surface area contributed by atoms with Crippen LogP contribution in [0.1, 0.15) is 22.0 Å². The molecule has 0 saturated heterocycles. The van der Waals surface area contributed by atoms with Crippen molar-refractivity contribution >= 4 is 27.5 Å². The fraction of sp³-hybridized carbons (Fsp3) is 0.235. The maximum Gasteiger partial charge on any atom is 0.333 e. The van der Waals surface area contributed by atoms with Crippen LogP contribution in [0.4, 0.5) is 0 Å². The van der Waals surface area contributed by atoms with E-state index in [2.05, 4.69) is 4.98 Å². The number of benzene rings is 1. The minimum atomic E-state index is -0.842. The number of ether oxygens (including phenoxy) is 1. The average molecular weight is 328 g/mol. The second kappa shape index (κ2) is 5.96. The number of thiophene rings is 1. The van der Waals surface area contributed by atoms with Crippen molar-refractivity contribution in [1.82, 2.24) is 9.55 Å². The van der Waals surface area contributed by atoms with E-state index in [4.69, 9.17) is 4.74 Å². The van der Waals surface area contributed by atoms with Gasteiger partial charge in [-0.3, -0.25) is 9.36 Å². The molecule has 118 valence electrons. The molecule has 0 saturated carbocycles. The third-order valence-electron chi connectivity index (χ3n) is 3.93. The van der Waals surface area contributed by atoms with Gasteiger partial charge in [0.1, 0.15) is 11.2 Å². The maximum absolute atomic E-state index is 12.9. The summed E-state index contributed by atoms with van der Waals surface area (Å²) >= 11 is 1.48. The van der Waals surface area contributed by atoms with E-state index < -0.39 is 12.0 Å². The van der Waals surface area contributed by atoms with Crippen molar-refractivity contribution in [2.24, 2.45) is 0 Å². The highest BCUT2D eigenvalue weighted by Gasteiger charge is 2.26. The lowest BCUT2D eigenvalue weighted by Gasteiger charge is -2.17. The topological polar surface area (TPSA) is 61.2 Å². The third-order valence-corrected chi connectivity index (χ3v) is 5.05. The van der Waals surface area contributed by atoms with Gasteiger partial charge in [-0.15, -0.1) is 11.3 Å². The molecule has 6 heteroatoms. The van der Waals surface area contributed by atoms with Gasteiger partial charge >= 0.3 is 5.97 Å². The van der Waals surface area contributed by atoms with Crippen molar-refractivity contribution in [3.8, 4) is 0 Å². The molecule has 2 heterocycles. The van der Waals surface area contributed by atoms with Crippen LogP contribution >= 0.6 is 11.3 Å². The van der Waals surface area contributed by atoms with Gasteiger partial charge in [0.15, 0.2) is 6.04 Å². The highest BCUT2D eigenvalue weighted by molar-refractivity contribution is 7.18. The first-order valence-electron chi connectivity index (χ1n) is 7.14. The Bertz CT molecular complexity index is 928. The number of rotatable bonds is 3. The van der Waals surface area contributed by atoms with Crippen molar-refractivity contribution < 1.29 is 9.53 Å². The normalized spacial score (nSPS) is 12.3. The third kappa shape index (κ3) is 2.55. The van der Waals surface area contributed by atoms with Gasteiger partial charge in [-0.25, -0.2) is 9.78 Å². The van der Waals surface area contributed by atoms with Crippen molar-refractivity contribution in [3.63, 3.8) is 0 Å². The molecule has 0 aliphatic rings. The second-order valence-corrected chi connectivity index (χ2v) is 6.46. The van der Waals surface area contributed by atoms with Crippen molar-refractivity contribution in [1.29, 1.82) is 0 Å². The SMILES string of the molecule is COC(=O)C(c1ccccc1)n1cnc2sc(C)c(C)c2c1=O. The van der Waals surface area contributed by atoms with Crippen LogP contribution in [0.15, 0.2) is 41.5 Å². The first-order chi connectivity index (χ1) is 11.0. The Morgan fingerprint density at radius 2 is 1.96 bits per heavy atom. The zero-order valence-electron chi connectivity index (χ0n) is 13.1. The summed E-state index contributed by atoms with van der Waals surface area (Å²) in [4.78, 5) is 31.3. The fourth-order valence-corrected chi connectivity index (χ4v) is 3.58. The molecule has 0 radical (unpaired) electrons. The smallest absolute Gasteiger partial charge is 0.333 e. The quantitative estimate of drug-likeness (QED) is 0.694. The lowest BCUT2D eigenvalue weighted by Crippen LogP contribution is -2.31. The molecule has 0 bridgehead atoms. The Hall–Kier alpha value is -2.47. The van der Waals surface area contributed by atoms with Crippen LogP contribution in [-0.4, -0.2) is 22.6 Å². The molecule has 2 aromatic heterocycles. The van der Waals surface area contributed by atoms with Gasteiger partial charge in [0, 0.05) is 4.88 Å². The molecule has 0 spiro atoms. The van der Waals surface area contributed by atoms with E-state index in [-0.39, 0.29) is 5.56 Å². The number of hydrogen-bond donors (Lipinski definition) is 0. The predicted octanol–water partition coefficient (Wildman–Crippen LogP) is 2.84. The summed E-state index contributed by atoms with van der Waals surface area (Å²) in [7, 11) is 1.31. The van der Waals surface area contributed by atoms with E-state index in [0.717, 1.165) is 10.4 Å². The second-order valence-electron chi connectivity index (χ2n) is 5.26. The summed E-state index contributed by atoms with van der Waals surface area (Å²) in [6.07, 6.45) is 1.43. The first-order valence-corrected chi connectivity index (χ1v) is 7.96. The standard InChI is InChI=1S/C17H16N2O3S/c1-10-11(2)23-15-13(10)16(20)19(9-18-15)14(17(21)22-3)12-7-5-4-6-8-12/h4-9,14H,1-3H3. The van der Waals surface area contributed by atoms with Gasteiger partial charge < -0.3 is 4.74 Å². The number of methoxy groups -OCH3 is 1. The summed E-state index contributed by atoms with van der Waals surface area (Å²) < 4.78 is 6.25. The number of carbonyl (C=O) groups excluding carboxylic acids is 1. The Balaban J connectivity index is 2.27. The van der Waals surface area contributed by atoms with E-state index in [0.29, 0.717) is 15.8 Å². The minimum Gasteiger partial charge on any atom is -0.467 e. The Kier molecular flexibility index (Phi) is 4.00. The minimum absolute atomic E-state index is 0.226. The zero-order valence-corrected chi connectivity index (χ0v) is 13.9. The predicted molar refractivity (Wildman–Crippen MR) is 90.0 cm³/mol. The zero-order chi connectivity index (χ0) is 16.6. The molecular weight excluding hydrogens is 312 g/mol. The van der Waals surface area contributed by atoms with Crippen LogP contribution in [0.5, 0.6) is 0 Å². The van der Waals surface area contributed by atoms with Crippen LogP contribution in [0.3, 0.4) is 0 Å². The molecule has 3 aromatic rings. The largest absolute Gasteiger partial charge is 0.467 e. The summed E-state index contributed by atoms with van der Waals surface area (Å²) in [5.41, 5.74) is 1.37. The number of fused-ring (bicyclic) bond motifs is 1. The highest BCUT2D eigenvalue weighted by Crippen LogP contribution is 2.27. The van der Waals surface area contributed by atoms with Crippen molar-refractivity contribution in [2.75, 3.05) is 7.11 Å². The van der Waals surface area contributed by atoms with Gasteiger partial charge in [-0.05, 0) is 25.0 Å². The Morgan fingerprint density at radius 3 is 2.61 bits per heavy atom. The number of aryl methyl sites for hydroxylation is 2. The molecular formula is C17H16N2O3S. The average Bonchev–Trinajstić information content (AvgIpc) is 2.86. The maximum atomic E-state index is 12.9. The lowest BCUT2D eigenvalue weighted by atomic mass is 10.1. The van der Waals surface area contributed by atoms with Crippen LogP contribution in [0.25, 0.3) is 10.2 Å². The van der Waals surface area contributed by atoms with Crippen molar-refractivity contribution in [2.45, 2.75) is 19.9 Å². The molecule has 0 N–H and O–H groups in total. The highest BCUT2D eigenvalue weighted by atomic mass is 32.1. The van der Waals surface area contributed by atoms with E-state index in [1.165, 1.54) is 29.3 Å². The molecule has 1 atom stereocenters. The van der Waals surface area contributed by atoms with Crippen LogP contribution in [0, 0.1) is 13.8 Å². The lowest BCUT2D eigenvalue weighted by molar-refractivity contribution is -0.143. The molecule has 0 amide bonds. The van der Waals surface area contributed by atoms with Crippen LogP contribution in [0.2, 0.25) is 0 Å². The van der Waals surface area contributed by atoms with Crippen LogP contribution in [-0.2, 0) is 9.53 Å². The van der Waals surface area contributed by atoms with Gasteiger partial charge in [0.05, 0.1) is 12.5 Å². The monoisotopic (exact) mass is 328 g/mol. The van der Waals surface area contributed by atoms with Gasteiger partial charge in [-0.2, -0.15) is 0 Å². The number of esters is 1. The summed E-state index contributed by atoms with van der Waals surface area (Å²) in [6, 6.07) is 8.25. The van der Waals surface area contributed by atoms with E-state index in [1.807, 2.05) is 32.0 Å². The van der Waals surface area contributed by atoms with E-state index >= 15 is 0 Å². The summed E-state index contributed by atoms with van der Waals surface area (Å²) in [6.45, 7) is 3.86. The van der Waals surface area contributed by atoms with Crippen LogP contribution < -0.4 is 5.56 Å². The first kappa shape index (κ1) is 15.4.